The number of hydrazone groups is 1. The molecule has 0 heterocycles. The Morgan fingerprint density at radius 3 is 2.48 bits per heavy atom. The number of carbonyl (C=O) groups is 1. The molecule has 148 valence electrons. The second-order valence-corrected chi connectivity index (χ2v) is 6.49. The van der Waals surface area contributed by atoms with Crippen LogP contribution in [0.1, 0.15) is 23.6 Å². The van der Waals surface area contributed by atoms with E-state index in [1.54, 1.807) is 6.92 Å². The standard InChI is InChI=1S/C23H22N2O4/c1-16(20-12-11-19(26)14-21(20)27)24-25-23(28)15-29-22-10-6-5-9-18(22)13-17-7-3-2-4-8-17/h2-12,14,26-27H,13,15H2,1H3,(H,25,28)/b24-16+. The van der Waals surface area contributed by atoms with Crippen molar-refractivity contribution in [2.45, 2.75) is 13.3 Å². The molecule has 0 radical (unpaired) electrons. The maximum atomic E-state index is 12.1. The van der Waals surface area contributed by atoms with E-state index >= 15 is 0 Å². The van der Waals surface area contributed by atoms with Gasteiger partial charge in [0.05, 0.1) is 5.71 Å². The lowest BCUT2D eigenvalue weighted by Crippen LogP contribution is -2.25. The van der Waals surface area contributed by atoms with Crippen LogP contribution in [0, 0.1) is 0 Å². The maximum Gasteiger partial charge on any atom is 0.277 e. The van der Waals surface area contributed by atoms with Crippen LogP contribution >= 0.6 is 0 Å². The van der Waals surface area contributed by atoms with Crippen molar-refractivity contribution in [1.82, 2.24) is 5.43 Å². The van der Waals surface area contributed by atoms with Crippen molar-refractivity contribution in [3.05, 3.63) is 89.5 Å². The molecule has 6 nitrogen and oxygen atoms in total. The second kappa shape index (κ2) is 9.41. The lowest BCUT2D eigenvalue weighted by Gasteiger charge is -2.11. The SMILES string of the molecule is C/C(=N\NC(=O)COc1ccccc1Cc1ccccc1)c1ccc(O)cc1O. The number of rotatable bonds is 7. The predicted molar refractivity (Wildman–Crippen MR) is 111 cm³/mol. The summed E-state index contributed by atoms with van der Waals surface area (Å²) >= 11 is 0. The molecular weight excluding hydrogens is 368 g/mol. The summed E-state index contributed by atoms with van der Waals surface area (Å²) in [7, 11) is 0. The Bertz CT molecular complexity index is 1020. The van der Waals surface area contributed by atoms with Gasteiger partial charge >= 0.3 is 0 Å². The first-order valence-electron chi connectivity index (χ1n) is 9.13. The number of amides is 1. The van der Waals surface area contributed by atoms with Crippen molar-refractivity contribution in [2.75, 3.05) is 6.61 Å². The molecule has 29 heavy (non-hydrogen) atoms. The zero-order valence-corrected chi connectivity index (χ0v) is 16.0. The number of nitrogens with zero attached hydrogens (tertiary/aromatic N) is 1. The normalized spacial score (nSPS) is 11.1. The number of hydrogen-bond acceptors (Lipinski definition) is 5. The minimum absolute atomic E-state index is 0.0503. The highest BCUT2D eigenvalue weighted by molar-refractivity contribution is 6.01. The summed E-state index contributed by atoms with van der Waals surface area (Å²) in [6.07, 6.45) is 0.704. The fourth-order valence-electron chi connectivity index (χ4n) is 2.81. The first-order valence-corrected chi connectivity index (χ1v) is 9.13. The van der Waals surface area contributed by atoms with Crippen LogP contribution in [0.2, 0.25) is 0 Å². The van der Waals surface area contributed by atoms with E-state index in [0.29, 0.717) is 23.4 Å². The fraction of sp³-hybridized carbons (Fsp3) is 0.130. The van der Waals surface area contributed by atoms with E-state index in [9.17, 15) is 15.0 Å². The summed E-state index contributed by atoms with van der Waals surface area (Å²) in [5.74, 6) is 0.0535. The van der Waals surface area contributed by atoms with Crippen molar-refractivity contribution in [3.8, 4) is 17.2 Å². The minimum atomic E-state index is -0.419. The molecule has 0 saturated carbocycles. The van der Waals surface area contributed by atoms with Gasteiger partial charge in [-0.15, -0.1) is 0 Å². The quantitative estimate of drug-likeness (QED) is 0.425. The molecule has 0 spiro atoms. The van der Waals surface area contributed by atoms with E-state index in [1.165, 1.54) is 18.2 Å². The van der Waals surface area contributed by atoms with E-state index in [2.05, 4.69) is 10.5 Å². The van der Waals surface area contributed by atoms with Crippen LogP contribution in [-0.4, -0.2) is 28.4 Å². The van der Waals surface area contributed by atoms with E-state index in [-0.39, 0.29) is 18.1 Å². The molecule has 0 aliphatic heterocycles. The summed E-state index contributed by atoms with van der Waals surface area (Å²) in [5.41, 5.74) is 5.37. The Balaban J connectivity index is 1.59. The van der Waals surface area contributed by atoms with Gasteiger partial charge in [0.25, 0.3) is 5.91 Å². The second-order valence-electron chi connectivity index (χ2n) is 6.49. The van der Waals surface area contributed by atoms with Gasteiger partial charge in [0, 0.05) is 18.1 Å². The van der Waals surface area contributed by atoms with Crippen molar-refractivity contribution < 1.29 is 19.7 Å². The number of benzene rings is 3. The van der Waals surface area contributed by atoms with Gasteiger partial charge in [0.1, 0.15) is 17.2 Å². The van der Waals surface area contributed by atoms with Crippen LogP contribution in [0.25, 0.3) is 0 Å². The number of ether oxygens (including phenoxy) is 1. The summed E-state index contributed by atoms with van der Waals surface area (Å²) in [5, 5.41) is 23.2. The number of phenolic OH excluding ortho intramolecular Hbond substituents is 2. The molecule has 0 aliphatic carbocycles. The maximum absolute atomic E-state index is 12.1. The lowest BCUT2D eigenvalue weighted by molar-refractivity contribution is -0.123. The van der Waals surface area contributed by atoms with Crippen LogP contribution in [0.15, 0.2) is 77.9 Å². The molecule has 3 N–H and O–H groups in total. The number of nitrogens with one attached hydrogen (secondary N) is 1. The average Bonchev–Trinajstić information content (AvgIpc) is 2.72. The monoisotopic (exact) mass is 390 g/mol. The highest BCUT2D eigenvalue weighted by Gasteiger charge is 2.09. The van der Waals surface area contributed by atoms with Crippen LogP contribution in [0.5, 0.6) is 17.2 Å². The van der Waals surface area contributed by atoms with Crippen LogP contribution < -0.4 is 10.2 Å². The van der Waals surface area contributed by atoms with Crippen molar-refractivity contribution in [1.29, 1.82) is 0 Å². The molecule has 0 atom stereocenters. The molecular formula is C23H22N2O4. The Kier molecular flexibility index (Phi) is 6.47. The van der Waals surface area contributed by atoms with Gasteiger partial charge < -0.3 is 14.9 Å². The largest absolute Gasteiger partial charge is 0.508 e. The number of carbonyl (C=O) groups excluding carboxylic acids is 1. The van der Waals surface area contributed by atoms with Gasteiger partial charge in [-0.2, -0.15) is 5.10 Å². The van der Waals surface area contributed by atoms with Crippen molar-refractivity contribution in [3.63, 3.8) is 0 Å². The number of phenols is 2. The third-order valence-electron chi connectivity index (χ3n) is 4.29. The molecule has 1 amide bonds. The van der Waals surface area contributed by atoms with Gasteiger partial charge in [-0.05, 0) is 36.2 Å². The zero-order valence-electron chi connectivity index (χ0n) is 16.0. The van der Waals surface area contributed by atoms with E-state index in [4.69, 9.17) is 4.74 Å². The first-order chi connectivity index (χ1) is 14.0. The molecule has 0 aliphatic rings. The summed E-state index contributed by atoms with van der Waals surface area (Å²) in [6.45, 7) is 1.45. The smallest absolute Gasteiger partial charge is 0.277 e. The molecule has 6 heteroatoms. The van der Waals surface area contributed by atoms with Crippen LogP contribution in [-0.2, 0) is 11.2 Å². The number of hydrogen-bond donors (Lipinski definition) is 3. The zero-order chi connectivity index (χ0) is 20.6. The Morgan fingerprint density at radius 2 is 1.72 bits per heavy atom. The third-order valence-corrected chi connectivity index (χ3v) is 4.29. The average molecular weight is 390 g/mol. The van der Waals surface area contributed by atoms with Gasteiger partial charge in [0.2, 0.25) is 0 Å². The van der Waals surface area contributed by atoms with Gasteiger partial charge in [-0.1, -0.05) is 48.5 Å². The predicted octanol–water partition coefficient (Wildman–Crippen LogP) is 3.61. The van der Waals surface area contributed by atoms with Crippen molar-refractivity contribution in [2.24, 2.45) is 5.10 Å². The molecule has 0 aromatic heterocycles. The molecule has 0 saturated heterocycles. The molecule has 3 aromatic carbocycles. The van der Waals surface area contributed by atoms with Crippen LogP contribution in [0.3, 0.4) is 0 Å². The van der Waals surface area contributed by atoms with E-state index < -0.39 is 5.91 Å². The number of para-hydroxylation sites is 1. The Labute approximate surface area is 169 Å². The summed E-state index contributed by atoms with van der Waals surface area (Å²) in [6, 6.07) is 21.8. The minimum Gasteiger partial charge on any atom is -0.508 e. The van der Waals surface area contributed by atoms with Gasteiger partial charge in [-0.3, -0.25) is 4.79 Å². The van der Waals surface area contributed by atoms with Crippen molar-refractivity contribution >= 4 is 11.6 Å². The lowest BCUT2D eigenvalue weighted by atomic mass is 10.0. The fourth-order valence-corrected chi connectivity index (χ4v) is 2.81. The highest BCUT2D eigenvalue weighted by atomic mass is 16.5. The molecule has 0 bridgehead atoms. The molecule has 3 aromatic rings. The molecule has 0 fully saturated rings. The molecule has 3 rings (SSSR count). The summed E-state index contributed by atoms with van der Waals surface area (Å²) < 4.78 is 5.68. The highest BCUT2D eigenvalue weighted by Crippen LogP contribution is 2.23. The topological polar surface area (TPSA) is 91.2 Å². The van der Waals surface area contributed by atoms with E-state index in [0.717, 1.165) is 11.1 Å². The number of aromatic hydroxyl groups is 2. The third kappa shape index (κ3) is 5.59. The van der Waals surface area contributed by atoms with Gasteiger partial charge in [0.15, 0.2) is 6.61 Å². The van der Waals surface area contributed by atoms with Crippen LogP contribution in [0.4, 0.5) is 0 Å². The Morgan fingerprint density at radius 1 is 1.00 bits per heavy atom. The first kappa shape index (κ1) is 19.9. The van der Waals surface area contributed by atoms with E-state index in [1.807, 2.05) is 54.6 Å². The summed E-state index contributed by atoms with van der Waals surface area (Å²) in [4.78, 5) is 12.1. The van der Waals surface area contributed by atoms with Gasteiger partial charge in [-0.25, -0.2) is 5.43 Å². The molecule has 0 unspecified atom stereocenters. The Hall–Kier alpha value is -3.80.